The number of anilines is 1. The third kappa shape index (κ3) is 2.57. The summed E-state index contributed by atoms with van der Waals surface area (Å²) in [6, 6.07) is 8.11. The number of hydrogen-bond donors (Lipinski definition) is 2. The third-order valence-corrected chi connectivity index (χ3v) is 3.16. The van der Waals surface area contributed by atoms with Gasteiger partial charge in [-0.1, -0.05) is 0 Å². The van der Waals surface area contributed by atoms with Crippen molar-refractivity contribution in [2.45, 2.75) is 19.1 Å². The van der Waals surface area contributed by atoms with Gasteiger partial charge in [0.05, 0.1) is 23.8 Å². The summed E-state index contributed by atoms with van der Waals surface area (Å²) in [5.74, 6) is 0. The van der Waals surface area contributed by atoms with Crippen LogP contribution in [0.25, 0.3) is 0 Å². The number of nitrogens with one attached hydrogen (secondary N) is 2. The smallest absolute Gasteiger partial charge is 0.0991 e. The number of nitriles is 1. The van der Waals surface area contributed by atoms with Crippen molar-refractivity contribution in [2.24, 2.45) is 0 Å². The second-order valence-corrected chi connectivity index (χ2v) is 4.32. The Morgan fingerprint density at radius 1 is 1.47 bits per heavy atom. The largest absolute Gasteiger partial charge is 0.378 e. The second-order valence-electron chi connectivity index (χ2n) is 4.32. The number of hydrogen-bond acceptors (Lipinski definition) is 4. The van der Waals surface area contributed by atoms with Crippen LogP contribution in [0.1, 0.15) is 11.1 Å². The fraction of sp³-hybridized carbons (Fsp3) is 0.462. The van der Waals surface area contributed by atoms with E-state index in [-0.39, 0.29) is 12.1 Å². The summed E-state index contributed by atoms with van der Waals surface area (Å²) in [6.07, 6.45) is 0.199. The highest BCUT2D eigenvalue weighted by Crippen LogP contribution is 2.19. The Bertz CT molecular complexity index is 439. The molecule has 0 bridgehead atoms. The lowest BCUT2D eigenvalue weighted by atomic mass is 10.1. The first kappa shape index (κ1) is 11.9. The molecule has 4 heteroatoms. The Hall–Kier alpha value is -1.57. The van der Waals surface area contributed by atoms with Gasteiger partial charge >= 0.3 is 0 Å². The van der Waals surface area contributed by atoms with Gasteiger partial charge in [0, 0.05) is 25.9 Å². The van der Waals surface area contributed by atoms with Crippen molar-refractivity contribution in [1.29, 1.82) is 5.26 Å². The van der Waals surface area contributed by atoms with Crippen molar-refractivity contribution < 1.29 is 4.74 Å². The lowest BCUT2D eigenvalue weighted by molar-refractivity contribution is 0.111. The van der Waals surface area contributed by atoms with Crippen LogP contribution in [-0.2, 0) is 4.74 Å². The Morgan fingerprint density at radius 3 is 2.94 bits per heavy atom. The minimum atomic E-state index is 0.199. The molecular weight excluding hydrogens is 214 g/mol. The number of aryl methyl sites for hydroxylation is 1. The van der Waals surface area contributed by atoms with E-state index in [1.807, 2.05) is 25.1 Å². The fourth-order valence-corrected chi connectivity index (χ4v) is 2.14. The van der Waals surface area contributed by atoms with Gasteiger partial charge in [-0.05, 0) is 30.7 Å². The van der Waals surface area contributed by atoms with Crippen LogP contribution in [0.3, 0.4) is 0 Å². The molecule has 0 radical (unpaired) electrons. The number of methoxy groups -OCH3 is 1. The molecule has 1 aromatic rings. The molecule has 2 atom stereocenters. The Labute approximate surface area is 102 Å². The number of benzene rings is 1. The number of nitrogens with zero attached hydrogens (tertiary/aromatic N) is 1. The average molecular weight is 231 g/mol. The highest BCUT2D eigenvalue weighted by atomic mass is 16.5. The van der Waals surface area contributed by atoms with Crippen LogP contribution < -0.4 is 10.6 Å². The maximum atomic E-state index is 8.82. The van der Waals surface area contributed by atoms with Crippen molar-refractivity contribution in [3.05, 3.63) is 29.3 Å². The Balaban J connectivity index is 2.11. The summed E-state index contributed by atoms with van der Waals surface area (Å²) in [5, 5.41) is 15.6. The molecule has 0 aliphatic carbocycles. The van der Waals surface area contributed by atoms with E-state index in [4.69, 9.17) is 10.00 Å². The van der Waals surface area contributed by atoms with Crippen LogP contribution in [0.4, 0.5) is 5.69 Å². The molecule has 0 aromatic heterocycles. The minimum absolute atomic E-state index is 0.199. The third-order valence-electron chi connectivity index (χ3n) is 3.16. The topological polar surface area (TPSA) is 57.1 Å². The van der Waals surface area contributed by atoms with E-state index in [1.165, 1.54) is 0 Å². The van der Waals surface area contributed by atoms with E-state index < -0.39 is 0 Å². The monoisotopic (exact) mass is 231 g/mol. The molecule has 0 spiro atoms. The molecule has 1 aliphatic rings. The van der Waals surface area contributed by atoms with E-state index in [0.717, 1.165) is 24.3 Å². The van der Waals surface area contributed by atoms with Gasteiger partial charge in [0.25, 0.3) is 0 Å². The first-order chi connectivity index (χ1) is 8.24. The molecule has 1 aromatic carbocycles. The number of ether oxygens (including phenoxy) is 1. The SMILES string of the molecule is CO[C@H]1CNCC1Nc1ccc(C#N)cc1C. The minimum Gasteiger partial charge on any atom is -0.378 e. The molecule has 1 fully saturated rings. The maximum absolute atomic E-state index is 8.82. The zero-order chi connectivity index (χ0) is 12.3. The van der Waals surface area contributed by atoms with Crippen LogP contribution in [0.15, 0.2) is 18.2 Å². The first-order valence-electron chi connectivity index (χ1n) is 5.75. The van der Waals surface area contributed by atoms with E-state index in [2.05, 4.69) is 16.7 Å². The van der Waals surface area contributed by atoms with Gasteiger partial charge in [-0.2, -0.15) is 5.26 Å². The molecule has 1 heterocycles. The molecule has 1 saturated heterocycles. The van der Waals surface area contributed by atoms with Gasteiger partial charge in [-0.3, -0.25) is 0 Å². The zero-order valence-electron chi connectivity index (χ0n) is 10.2. The van der Waals surface area contributed by atoms with Gasteiger partial charge in [-0.25, -0.2) is 0 Å². The summed E-state index contributed by atoms with van der Waals surface area (Å²) in [5.41, 5.74) is 2.85. The normalized spacial score (nSPS) is 23.4. The van der Waals surface area contributed by atoms with E-state index in [9.17, 15) is 0 Å². The predicted molar refractivity (Wildman–Crippen MR) is 67.0 cm³/mol. The van der Waals surface area contributed by atoms with Gasteiger partial charge in [-0.15, -0.1) is 0 Å². The number of rotatable bonds is 3. The quantitative estimate of drug-likeness (QED) is 0.822. The van der Waals surface area contributed by atoms with Crippen LogP contribution in [0.5, 0.6) is 0 Å². The van der Waals surface area contributed by atoms with Crippen LogP contribution in [-0.4, -0.2) is 32.3 Å². The van der Waals surface area contributed by atoms with Crippen molar-refractivity contribution >= 4 is 5.69 Å². The standard InChI is InChI=1S/C13H17N3O/c1-9-5-10(6-14)3-4-11(9)16-12-7-15-8-13(12)17-2/h3-5,12-13,15-16H,7-8H2,1-2H3/t12?,13-/m0/s1. The maximum Gasteiger partial charge on any atom is 0.0991 e. The molecule has 2 N–H and O–H groups in total. The van der Waals surface area contributed by atoms with E-state index in [0.29, 0.717) is 5.56 Å². The molecule has 1 aliphatic heterocycles. The average Bonchev–Trinajstić information content (AvgIpc) is 2.79. The molecule has 0 amide bonds. The van der Waals surface area contributed by atoms with E-state index in [1.54, 1.807) is 7.11 Å². The molecule has 1 unspecified atom stereocenters. The first-order valence-corrected chi connectivity index (χ1v) is 5.75. The summed E-state index contributed by atoms with van der Waals surface area (Å²) >= 11 is 0. The Morgan fingerprint density at radius 2 is 2.29 bits per heavy atom. The van der Waals surface area contributed by atoms with Crippen molar-refractivity contribution in [3.63, 3.8) is 0 Å². The summed E-state index contributed by atoms with van der Waals surface area (Å²) < 4.78 is 5.40. The van der Waals surface area contributed by atoms with Gasteiger partial charge < -0.3 is 15.4 Å². The molecule has 90 valence electrons. The van der Waals surface area contributed by atoms with Crippen LogP contribution in [0, 0.1) is 18.3 Å². The summed E-state index contributed by atoms with van der Waals surface area (Å²) in [6.45, 7) is 3.79. The van der Waals surface area contributed by atoms with Crippen molar-refractivity contribution in [1.82, 2.24) is 5.32 Å². The molecule has 2 rings (SSSR count). The highest BCUT2D eigenvalue weighted by Gasteiger charge is 2.26. The van der Waals surface area contributed by atoms with Crippen molar-refractivity contribution in [2.75, 3.05) is 25.5 Å². The molecule has 17 heavy (non-hydrogen) atoms. The van der Waals surface area contributed by atoms with E-state index >= 15 is 0 Å². The lowest BCUT2D eigenvalue weighted by Crippen LogP contribution is -2.33. The molecule has 4 nitrogen and oxygen atoms in total. The van der Waals surface area contributed by atoms with Crippen LogP contribution >= 0.6 is 0 Å². The predicted octanol–water partition coefficient (Wildman–Crippen LogP) is 1.27. The second kappa shape index (κ2) is 5.17. The summed E-state index contributed by atoms with van der Waals surface area (Å²) in [7, 11) is 1.73. The molecule has 0 saturated carbocycles. The van der Waals surface area contributed by atoms with Crippen LogP contribution in [0.2, 0.25) is 0 Å². The van der Waals surface area contributed by atoms with Gasteiger partial charge in [0.1, 0.15) is 0 Å². The zero-order valence-corrected chi connectivity index (χ0v) is 10.2. The molecular formula is C13H17N3O. The Kier molecular flexibility index (Phi) is 3.62. The summed E-state index contributed by atoms with van der Waals surface area (Å²) in [4.78, 5) is 0. The van der Waals surface area contributed by atoms with Crippen molar-refractivity contribution in [3.8, 4) is 6.07 Å². The lowest BCUT2D eigenvalue weighted by Gasteiger charge is -2.21. The van der Waals surface area contributed by atoms with Gasteiger partial charge in [0.2, 0.25) is 0 Å². The van der Waals surface area contributed by atoms with Gasteiger partial charge in [0.15, 0.2) is 0 Å². The fourth-order valence-electron chi connectivity index (χ4n) is 2.14. The highest BCUT2D eigenvalue weighted by molar-refractivity contribution is 5.55.